The Bertz CT molecular complexity index is 248. The standard InChI is InChI=1S/C13H36O2Si4/c1-7-13(8-2,15-19(5,6)11-9-16)17-10-12-18(3,4)14/h14H,7-12,17H2,1-6,16H3. The second-order valence-corrected chi connectivity index (χ2v) is 19.0. The van der Waals surface area contributed by atoms with Gasteiger partial charge in [0.2, 0.25) is 0 Å². The Labute approximate surface area is 128 Å². The van der Waals surface area contributed by atoms with Gasteiger partial charge in [0.1, 0.15) is 0 Å². The Morgan fingerprint density at radius 3 is 2.00 bits per heavy atom. The predicted molar refractivity (Wildman–Crippen MR) is 99.3 cm³/mol. The summed E-state index contributed by atoms with van der Waals surface area (Å²) in [5.74, 6) is 0. The molecule has 0 aliphatic carbocycles. The topological polar surface area (TPSA) is 29.5 Å². The fraction of sp³-hybridized carbons (Fsp3) is 1.00. The maximum absolute atomic E-state index is 10.0. The lowest BCUT2D eigenvalue weighted by molar-refractivity contribution is 0.133. The van der Waals surface area contributed by atoms with E-state index in [1.807, 2.05) is 0 Å². The first-order chi connectivity index (χ1) is 8.60. The summed E-state index contributed by atoms with van der Waals surface area (Å²) in [6.07, 6.45) is 2.33. The van der Waals surface area contributed by atoms with Crippen LogP contribution in [-0.2, 0) is 4.43 Å². The van der Waals surface area contributed by atoms with Crippen LogP contribution < -0.4 is 0 Å². The molecule has 0 fully saturated rings. The van der Waals surface area contributed by atoms with Gasteiger partial charge in [-0.3, -0.25) is 0 Å². The Balaban J connectivity index is 4.58. The van der Waals surface area contributed by atoms with Crippen molar-refractivity contribution < 1.29 is 9.22 Å². The van der Waals surface area contributed by atoms with Gasteiger partial charge in [-0.15, -0.1) is 0 Å². The molecule has 0 unspecified atom stereocenters. The van der Waals surface area contributed by atoms with E-state index in [0.29, 0.717) is 0 Å². The molecule has 0 bridgehead atoms. The van der Waals surface area contributed by atoms with E-state index < -0.39 is 16.6 Å². The maximum atomic E-state index is 10.0. The molecule has 0 saturated heterocycles. The summed E-state index contributed by atoms with van der Waals surface area (Å²) in [7, 11) is -2.28. The van der Waals surface area contributed by atoms with Crippen LogP contribution in [0, 0.1) is 0 Å². The zero-order chi connectivity index (χ0) is 15.2. The molecule has 0 aromatic carbocycles. The Morgan fingerprint density at radius 1 is 1.11 bits per heavy atom. The molecular formula is C13H36O2Si4. The van der Waals surface area contributed by atoms with Crippen molar-refractivity contribution in [3.8, 4) is 0 Å². The second kappa shape index (κ2) is 8.28. The molecule has 2 nitrogen and oxygen atoms in total. The van der Waals surface area contributed by atoms with Gasteiger partial charge >= 0.3 is 0 Å². The van der Waals surface area contributed by atoms with E-state index in [4.69, 9.17) is 4.43 Å². The summed E-state index contributed by atoms with van der Waals surface area (Å²) in [5.41, 5.74) is 0. The summed E-state index contributed by atoms with van der Waals surface area (Å²) in [4.78, 5) is 10.0. The fourth-order valence-electron chi connectivity index (χ4n) is 2.88. The van der Waals surface area contributed by atoms with E-state index >= 15 is 0 Å². The highest BCUT2D eigenvalue weighted by Gasteiger charge is 2.35. The highest BCUT2D eigenvalue weighted by Crippen LogP contribution is 2.29. The minimum Gasteiger partial charge on any atom is -0.432 e. The molecule has 0 aromatic rings. The van der Waals surface area contributed by atoms with Gasteiger partial charge in [-0.25, -0.2) is 0 Å². The molecule has 0 atom stereocenters. The molecule has 6 heteroatoms. The van der Waals surface area contributed by atoms with Crippen molar-refractivity contribution in [3.63, 3.8) is 0 Å². The molecule has 0 amide bonds. The van der Waals surface area contributed by atoms with Crippen molar-refractivity contribution in [1.82, 2.24) is 0 Å². The van der Waals surface area contributed by atoms with Crippen molar-refractivity contribution in [3.05, 3.63) is 0 Å². The van der Waals surface area contributed by atoms with Crippen LogP contribution in [0.2, 0.25) is 50.4 Å². The van der Waals surface area contributed by atoms with Gasteiger partial charge in [-0.1, -0.05) is 25.9 Å². The highest BCUT2D eigenvalue weighted by molar-refractivity contribution is 6.72. The van der Waals surface area contributed by atoms with Crippen molar-refractivity contribution in [1.29, 1.82) is 0 Å². The quantitative estimate of drug-likeness (QED) is 0.620. The fourth-order valence-corrected chi connectivity index (χ4v) is 16.4. The van der Waals surface area contributed by atoms with E-state index in [9.17, 15) is 4.80 Å². The summed E-state index contributed by atoms with van der Waals surface area (Å²) >= 11 is 0. The minimum atomic E-state index is -1.86. The third kappa shape index (κ3) is 8.62. The van der Waals surface area contributed by atoms with Gasteiger partial charge in [0.05, 0.1) is 9.52 Å². The van der Waals surface area contributed by atoms with Crippen LogP contribution >= 0.6 is 0 Å². The van der Waals surface area contributed by atoms with Crippen LogP contribution in [0.25, 0.3) is 0 Å². The lowest BCUT2D eigenvalue weighted by Crippen LogP contribution is -2.48. The Morgan fingerprint density at radius 2 is 1.63 bits per heavy atom. The second-order valence-electron chi connectivity index (χ2n) is 7.17. The maximum Gasteiger partial charge on any atom is 0.186 e. The van der Waals surface area contributed by atoms with Crippen LogP contribution in [0.4, 0.5) is 0 Å². The number of hydrogen-bond acceptors (Lipinski definition) is 2. The van der Waals surface area contributed by atoms with Crippen LogP contribution in [-0.4, -0.2) is 46.4 Å². The van der Waals surface area contributed by atoms with Gasteiger partial charge < -0.3 is 9.22 Å². The van der Waals surface area contributed by atoms with E-state index in [0.717, 1.165) is 6.04 Å². The normalized spacial score (nSPS) is 14.7. The third-order valence-electron chi connectivity index (χ3n) is 4.05. The van der Waals surface area contributed by atoms with Gasteiger partial charge in [0, 0.05) is 15.5 Å². The monoisotopic (exact) mass is 336 g/mol. The van der Waals surface area contributed by atoms with Gasteiger partial charge in [-0.05, 0) is 51.1 Å². The van der Waals surface area contributed by atoms with E-state index in [1.54, 1.807) is 0 Å². The summed E-state index contributed by atoms with van der Waals surface area (Å²) in [6.45, 7) is 13.5. The first kappa shape index (κ1) is 19.8. The average molecular weight is 337 g/mol. The lowest BCUT2D eigenvalue weighted by Gasteiger charge is -2.40. The molecule has 0 radical (unpaired) electrons. The minimum absolute atomic E-state index is 0.214. The largest absolute Gasteiger partial charge is 0.432 e. The smallest absolute Gasteiger partial charge is 0.186 e. The van der Waals surface area contributed by atoms with Gasteiger partial charge in [0.15, 0.2) is 16.6 Å². The molecule has 0 aliphatic heterocycles. The molecule has 0 aliphatic rings. The number of rotatable bonds is 10. The van der Waals surface area contributed by atoms with E-state index in [1.165, 1.54) is 41.2 Å². The molecule has 0 rings (SSSR count). The van der Waals surface area contributed by atoms with E-state index in [2.05, 4.69) is 40.0 Å². The highest BCUT2D eigenvalue weighted by atomic mass is 28.4. The molecule has 0 spiro atoms. The average Bonchev–Trinajstić information content (AvgIpc) is 2.25. The number of hydrogen-bond donors (Lipinski definition) is 1. The van der Waals surface area contributed by atoms with Gasteiger partial charge in [0.25, 0.3) is 0 Å². The van der Waals surface area contributed by atoms with Gasteiger partial charge in [-0.2, -0.15) is 0 Å². The SMILES string of the molecule is CCC(CC)(O[Si](C)(C)CC[SiH3])[SiH2]CC[Si](C)(C)O. The van der Waals surface area contributed by atoms with E-state index in [-0.39, 0.29) is 14.7 Å². The molecule has 0 saturated carbocycles. The molecule has 1 N–H and O–H groups in total. The molecule has 0 heterocycles. The molecule has 116 valence electrons. The van der Waals surface area contributed by atoms with Crippen molar-refractivity contribution >= 4 is 36.4 Å². The summed E-state index contributed by atoms with van der Waals surface area (Å²) in [5, 5.41) is 0.214. The van der Waals surface area contributed by atoms with Crippen LogP contribution in [0.3, 0.4) is 0 Å². The molecule has 19 heavy (non-hydrogen) atoms. The van der Waals surface area contributed by atoms with Crippen molar-refractivity contribution in [2.75, 3.05) is 0 Å². The van der Waals surface area contributed by atoms with Crippen LogP contribution in [0.15, 0.2) is 0 Å². The predicted octanol–water partition coefficient (Wildman–Crippen LogP) is 2.29. The van der Waals surface area contributed by atoms with Crippen LogP contribution in [0.5, 0.6) is 0 Å². The van der Waals surface area contributed by atoms with Crippen molar-refractivity contribution in [2.45, 2.75) is 82.3 Å². The first-order valence-electron chi connectivity index (χ1n) is 8.02. The Kier molecular flexibility index (Phi) is 8.63. The molecular weight excluding hydrogens is 300 g/mol. The zero-order valence-corrected chi connectivity index (χ0v) is 19.7. The first-order valence-corrected chi connectivity index (χ1v) is 17.4. The van der Waals surface area contributed by atoms with Crippen molar-refractivity contribution in [2.24, 2.45) is 0 Å². The third-order valence-corrected chi connectivity index (χ3v) is 13.6. The van der Waals surface area contributed by atoms with Crippen LogP contribution in [0.1, 0.15) is 26.7 Å². The Hall–Kier alpha value is 0.788. The zero-order valence-electron chi connectivity index (χ0n) is 14.3. The summed E-state index contributed by atoms with van der Waals surface area (Å²) in [6, 6.07) is 5.02. The molecule has 0 aromatic heterocycles. The summed E-state index contributed by atoms with van der Waals surface area (Å²) < 4.78 is 6.74. The lowest BCUT2D eigenvalue weighted by atomic mass is 10.2.